The van der Waals surface area contributed by atoms with Crippen LogP contribution in [0, 0.1) is 0 Å². The van der Waals surface area contributed by atoms with Crippen LogP contribution in [-0.2, 0) is 11.8 Å². The lowest BCUT2D eigenvalue weighted by Crippen LogP contribution is -2.50. The van der Waals surface area contributed by atoms with E-state index in [-0.39, 0.29) is 18.0 Å². The van der Waals surface area contributed by atoms with Crippen molar-refractivity contribution >= 4 is 5.91 Å². The van der Waals surface area contributed by atoms with Crippen molar-refractivity contribution in [3.05, 3.63) is 12.2 Å². The Morgan fingerprint density at radius 1 is 1.61 bits per heavy atom. The first kappa shape index (κ1) is 13.0. The van der Waals surface area contributed by atoms with Crippen molar-refractivity contribution in [2.75, 3.05) is 0 Å². The summed E-state index contributed by atoms with van der Waals surface area (Å²) in [5, 5.41) is 14.1. The first-order valence-electron chi connectivity index (χ1n) is 6.48. The highest BCUT2D eigenvalue weighted by molar-refractivity contribution is 5.82. The van der Waals surface area contributed by atoms with Gasteiger partial charge in [-0.1, -0.05) is 0 Å². The average molecular weight is 251 g/mol. The Labute approximate surface area is 107 Å². The number of piperidine rings is 1. The van der Waals surface area contributed by atoms with Gasteiger partial charge in [0, 0.05) is 13.1 Å². The molecule has 1 aromatic heterocycles. The topological polar surface area (TPSA) is 71.8 Å². The molecule has 100 valence electrons. The molecule has 2 N–H and O–H groups in total. The zero-order chi connectivity index (χ0) is 13.1. The van der Waals surface area contributed by atoms with E-state index in [2.05, 4.69) is 27.8 Å². The van der Waals surface area contributed by atoms with Crippen molar-refractivity contribution in [3.63, 3.8) is 0 Å². The summed E-state index contributed by atoms with van der Waals surface area (Å²) in [6.45, 7) is 4.04. The molecule has 1 aliphatic heterocycles. The SMILES string of the molecule is CC1CCCC(C(=O)NC(C)c2nncn2C)N1. The van der Waals surface area contributed by atoms with Gasteiger partial charge in [0.1, 0.15) is 6.33 Å². The van der Waals surface area contributed by atoms with E-state index in [9.17, 15) is 4.79 Å². The molecule has 2 rings (SSSR count). The first-order valence-corrected chi connectivity index (χ1v) is 6.48. The molecule has 6 nitrogen and oxygen atoms in total. The maximum absolute atomic E-state index is 12.1. The molecule has 1 aromatic rings. The molecular weight excluding hydrogens is 230 g/mol. The fraction of sp³-hybridized carbons (Fsp3) is 0.750. The molecule has 0 bridgehead atoms. The Balaban J connectivity index is 1.93. The predicted molar refractivity (Wildman–Crippen MR) is 67.8 cm³/mol. The number of rotatable bonds is 3. The minimum atomic E-state index is -0.121. The second-order valence-electron chi connectivity index (χ2n) is 5.08. The van der Waals surface area contributed by atoms with Crippen molar-refractivity contribution < 1.29 is 4.79 Å². The van der Waals surface area contributed by atoms with Crippen LogP contribution in [0.5, 0.6) is 0 Å². The molecule has 3 atom stereocenters. The Hall–Kier alpha value is -1.43. The number of hydrogen-bond acceptors (Lipinski definition) is 4. The summed E-state index contributed by atoms with van der Waals surface area (Å²) < 4.78 is 1.82. The van der Waals surface area contributed by atoms with Gasteiger partial charge in [0.25, 0.3) is 0 Å². The highest BCUT2D eigenvalue weighted by Gasteiger charge is 2.25. The second-order valence-corrected chi connectivity index (χ2v) is 5.08. The summed E-state index contributed by atoms with van der Waals surface area (Å²) in [4.78, 5) is 12.1. The molecule has 3 unspecified atom stereocenters. The van der Waals surface area contributed by atoms with Crippen LogP contribution in [0.15, 0.2) is 6.33 Å². The summed E-state index contributed by atoms with van der Waals surface area (Å²) in [6.07, 6.45) is 4.79. The number of hydrogen-bond donors (Lipinski definition) is 2. The van der Waals surface area contributed by atoms with E-state index < -0.39 is 0 Å². The number of aromatic nitrogens is 3. The Bertz CT molecular complexity index is 416. The molecule has 1 fully saturated rings. The lowest BCUT2D eigenvalue weighted by molar-refractivity contribution is -0.124. The minimum Gasteiger partial charge on any atom is -0.345 e. The Morgan fingerprint density at radius 2 is 2.39 bits per heavy atom. The second kappa shape index (κ2) is 5.48. The number of aryl methyl sites for hydroxylation is 1. The van der Waals surface area contributed by atoms with Gasteiger partial charge >= 0.3 is 0 Å². The van der Waals surface area contributed by atoms with Gasteiger partial charge in [0.15, 0.2) is 5.82 Å². The number of carbonyl (C=O) groups excluding carboxylic acids is 1. The summed E-state index contributed by atoms with van der Waals surface area (Å²) in [6, 6.07) is 0.216. The molecule has 0 aromatic carbocycles. The summed E-state index contributed by atoms with van der Waals surface area (Å²) in [5.41, 5.74) is 0. The van der Waals surface area contributed by atoms with Crippen LogP contribution in [0.4, 0.5) is 0 Å². The normalized spacial score (nSPS) is 25.7. The van der Waals surface area contributed by atoms with Crippen LogP contribution < -0.4 is 10.6 Å². The van der Waals surface area contributed by atoms with Gasteiger partial charge in [-0.15, -0.1) is 10.2 Å². The zero-order valence-corrected chi connectivity index (χ0v) is 11.2. The molecule has 0 saturated carbocycles. The van der Waals surface area contributed by atoms with Crippen LogP contribution in [0.2, 0.25) is 0 Å². The third-order valence-corrected chi connectivity index (χ3v) is 3.42. The molecule has 1 amide bonds. The molecule has 0 radical (unpaired) electrons. The van der Waals surface area contributed by atoms with E-state index in [4.69, 9.17) is 0 Å². The van der Waals surface area contributed by atoms with Gasteiger partial charge in [-0.3, -0.25) is 4.79 Å². The largest absolute Gasteiger partial charge is 0.345 e. The van der Waals surface area contributed by atoms with Crippen LogP contribution >= 0.6 is 0 Å². The molecular formula is C12H21N5O. The summed E-state index contributed by atoms with van der Waals surface area (Å²) >= 11 is 0. The predicted octanol–water partition coefficient (Wildman–Crippen LogP) is 0.523. The molecule has 0 aliphatic carbocycles. The van der Waals surface area contributed by atoms with Crippen molar-refractivity contribution in [2.45, 2.75) is 51.2 Å². The average Bonchev–Trinajstić information content (AvgIpc) is 2.75. The zero-order valence-electron chi connectivity index (χ0n) is 11.2. The lowest BCUT2D eigenvalue weighted by atomic mass is 9.99. The number of carbonyl (C=O) groups is 1. The van der Waals surface area contributed by atoms with Crippen LogP contribution in [0.3, 0.4) is 0 Å². The molecule has 0 spiro atoms. The van der Waals surface area contributed by atoms with Crippen molar-refractivity contribution in [2.24, 2.45) is 7.05 Å². The van der Waals surface area contributed by atoms with Gasteiger partial charge < -0.3 is 15.2 Å². The van der Waals surface area contributed by atoms with Crippen molar-refractivity contribution in [1.29, 1.82) is 0 Å². The fourth-order valence-electron chi connectivity index (χ4n) is 2.41. The molecule has 6 heteroatoms. The van der Waals surface area contributed by atoms with Gasteiger partial charge in [-0.05, 0) is 33.1 Å². The smallest absolute Gasteiger partial charge is 0.237 e. The third kappa shape index (κ3) is 2.87. The third-order valence-electron chi connectivity index (χ3n) is 3.42. The van der Waals surface area contributed by atoms with E-state index >= 15 is 0 Å². The minimum absolute atomic E-state index is 0.0528. The van der Waals surface area contributed by atoms with E-state index in [1.54, 1.807) is 6.33 Å². The quantitative estimate of drug-likeness (QED) is 0.821. The highest BCUT2D eigenvalue weighted by Crippen LogP contribution is 2.14. The van der Waals surface area contributed by atoms with Crippen molar-refractivity contribution in [1.82, 2.24) is 25.4 Å². The van der Waals surface area contributed by atoms with Gasteiger partial charge in [0.05, 0.1) is 12.1 Å². The summed E-state index contributed by atoms with van der Waals surface area (Å²) in [7, 11) is 1.87. The number of nitrogens with zero attached hydrogens (tertiary/aromatic N) is 3. The maximum atomic E-state index is 12.1. The number of nitrogens with one attached hydrogen (secondary N) is 2. The summed E-state index contributed by atoms with van der Waals surface area (Å²) in [5.74, 6) is 0.823. The van der Waals surface area contributed by atoms with Crippen LogP contribution in [0.1, 0.15) is 45.0 Å². The molecule has 2 heterocycles. The Morgan fingerprint density at radius 3 is 3.00 bits per heavy atom. The molecule has 1 saturated heterocycles. The van der Waals surface area contributed by atoms with Gasteiger partial charge in [-0.25, -0.2) is 0 Å². The van der Waals surface area contributed by atoms with Crippen molar-refractivity contribution in [3.8, 4) is 0 Å². The fourth-order valence-corrected chi connectivity index (χ4v) is 2.41. The monoisotopic (exact) mass is 251 g/mol. The lowest BCUT2D eigenvalue weighted by Gasteiger charge is -2.28. The van der Waals surface area contributed by atoms with Crippen LogP contribution in [0.25, 0.3) is 0 Å². The highest BCUT2D eigenvalue weighted by atomic mass is 16.2. The van der Waals surface area contributed by atoms with E-state index in [0.717, 1.165) is 25.1 Å². The van der Waals surface area contributed by atoms with Gasteiger partial charge in [-0.2, -0.15) is 0 Å². The maximum Gasteiger partial charge on any atom is 0.237 e. The van der Waals surface area contributed by atoms with E-state index in [1.165, 1.54) is 0 Å². The van der Waals surface area contributed by atoms with Crippen LogP contribution in [-0.4, -0.2) is 32.8 Å². The number of amides is 1. The van der Waals surface area contributed by atoms with E-state index in [1.807, 2.05) is 18.5 Å². The van der Waals surface area contributed by atoms with E-state index in [0.29, 0.717) is 6.04 Å². The first-order chi connectivity index (χ1) is 8.58. The molecule has 1 aliphatic rings. The Kier molecular flexibility index (Phi) is 3.96. The molecule has 18 heavy (non-hydrogen) atoms. The standard InChI is InChI=1S/C12H21N5O/c1-8-5-4-6-10(14-8)12(18)15-9(2)11-16-13-7-17(11)3/h7-10,14H,4-6H2,1-3H3,(H,15,18). The van der Waals surface area contributed by atoms with Gasteiger partial charge in [0.2, 0.25) is 5.91 Å².